The van der Waals surface area contributed by atoms with Crippen molar-refractivity contribution in [2.45, 2.75) is 5.60 Å². The summed E-state index contributed by atoms with van der Waals surface area (Å²) in [6.45, 7) is 0.479. The highest BCUT2D eigenvalue weighted by atomic mass is 19.1. The first kappa shape index (κ1) is 13.5. The second-order valence-electron chi connectivity index (χ2n) is 5.14. The van der Waals surface area contributed by atoms with Crippen molar-refractivity contribution in [2.24, 2.45) is 0 Å². The molecule has 5 nitrogen and oxygen atoms in total. The molecule has 108 valence electrons. The molecule has 1 saturated heterocycles. The summed E-state index contributed by atoms with van der Waals surface area (Å²) < 4.78 is 12.9. The minimum Gasteiger partial charge on any atom is -0.381 e. The fourth-order valence-corrected chi connectivity index (χ4v) is 2.58. The predicted octanol–water partition coefficient (Wildman–Crippen LogP) is 2.44. The minimum absolute atomic E-state index is 0.0126. The number of anilines is 1. The van der Waals surface area contributed by atoms with Crippen molar-refractivity contribution < 1.29 is 14.4 Å². The van der Waals surface area contributed by atoms with Crippen LogP contribution in [0.5, 0.6) is 0 Å². The number of nitro groups is 1. The molecule has 1 N–H and O–H groups in total. The number of β-amino-alcohol motifs (C(OH)–C–C–N with tert-alkyl or cyclic N) is 1. The summed E-state index contributed by atoms with van der Waals surface area (Å²) in [4.78, 5) is 12.3. The van der Waals surface area contributed by atoms with Gasteiger partial charge < -0.3 is 10.0 Å². The molecule has 2 aromatic carbocycles. The largest absolute Gasteiger partial charge is 0.381 e. The second-order valence-corrected chi connectivity index (χ2v) is 5.14. The maximum absolute atomic E-state index is 12.9. The highest BCUT2D eigenvalue weighted by Gasteiger charge is 2.44. The quantitative estimate of drug-likeness (QED) is 0.696. The number of halogens is 1. The van der Waals surface area contributed by atoms with E-state index >= 15 is 0 Å². The van der Waals surface area contributed by atoms with Gasteiger partial charge in [-0.05, 0) is 23.8 Å². The zero-order valence-corrected chi connectivity index (χ0v) is 11.1. The van der Waals surface area contributed by atoms with Crippen LogP contribution in [0.1, 0.15) is 5.56 Å². The summed E-state index contributed by atoms with van der Waals surface area (Å²) >= 11 is 0. The number of nitrogens with zero attached hydrogens (tertiary/aromatic N) is 2. The molecule has 21 heavy (non-hydrogen) atoms. The van der Waals surface area contributed by atoms with Gasteiger partial charge in [-0.1, -0.05) is 24.3 Å². The number of aliphatic hydroxyl groups is 1. The summed E-state index contributed by atoms with van der Waals surface area (Å²) in [5.74, 6) is -0.364. The van der Waals surface area contributed by atoms with Crippen LogP contribution >= 0.6 is 0 Å². The van der Waals surface area contributed by atoms with E-state index in [9.17, 15) is 19.6 Å². The van der Waals surface area contributed by atoms with Crippen LogP contribution in [0.3, 0.4) is 0 Å². The van der Waals surface area contributed by atoms with Crippen LogP contribution in [0, 0.1) is 15.9 Å². The Hall–Kier alpha value is -2.47. The number of hydrogen-bond acceptors (Lipinski definition) is 4. The van der Waals surface area contributed by atoms with Gasteiger partial charge in [-0.2, -0.15) is 0 Å². The van der Waals surface area contributed by atoms with Gasteiger partial charge in [-0.15, -0.1) is 0 Å². The van der Waals surface area contributed by atoms with Gasteiger partial charge in [0.1, 0.15) is 17.1 Å². The second kappa shape index (κ2) is 4.82. The van der Waals surface area contributed by atoms with Crippen molar-refractivity contribution in [2.75, 3.05) is 18.0 Å². The third-order valence-electron chi connectivity index (χ3n) is 3.71. The van der Waals surface area contributed by atoms with Gasteiger partial charge in [-0.3, -0.25) is 10.1 Å². The van der Waals surface area contributed by atoms with Crippen LogP contribution in [0.15, 0.2) is 48.5 Å². The molecule has 6 heteroatoms. The smallest absolute Gasteiger partial charge is 0.292 e. The Morgan fingerprint density at radius 2 is 1.76 bits per heavy atom. The minimum atomic E-state index is -1.10. The van der Waals surface area contributed by atoms with Gasteiger partial charge >= 0.3 is 0 Å². The zero-order valence-electron chi connectivity index (χ0n) is 11.1. The first-order valence-corrected chi connectivity index (χ1v) is 6.46. The summed E-state index contributed by atoms with van der Waals surface area (Å²) in [6, 6.07) is 12.1. The Morgan fingerprint density at radius 3 is 2.38 bits per heavy atom. The maximum atomic E-state index is 12.9. The highest BCUT2D eigenvalue weighted by molar-refractivity contribution is 5.65. The molecule has 0 aromatic heterocycles. The zero-order chi connectivity index (χ0) is 15.0. The third-order valence-corrected chi connectivity index (χ3v) is 3.71. The Morgan fingerprint density at radius 1 is 1.14 bits per heavy atom. The fraction of sp³-hybridized carbons (Fsp3) is 0.200. The first-order chi connectivity index (χ1) is 9.99. The molecular weight excluding hydrogens is 275 g/mol. The average Bonchev–Trinajstić information content (AvgIpc) is 2.44. The number of nitro benzene ring substituents is 1. The van der Waals surface area contributed by atoms with E-state index < -0.39 is 10.5 Å². The standard InChI is InChI=1S/C15H13FN2O3/c16-12-7-5-11(6-8-12)15(19)9-17(10-15)13-3-1-2-4-14(13)18(20)21/h1-8,19H,9-10H2. The van der Waals surface area contributed by atoms with Crippen LogP contribution in [-0.2, 0) is 5.60 Å². The molecule has 2 aromatic rings. The number of hydrogen-bond donors (Lipinski definition) is 1. The number of rotatable bonds is 3. The Kier molecular flexibility index (Phi) is 3.10. The van der Waals surface area contributed by atoms with E-state index in [4.69, 9.17) is 0 Å². The molecule has 0 bridgehead atoms. The van der Waals surface area contributed by atoms with Gasteiger partial charge in [0.05, 0.1) is 18.0 Å². The van der Waals surface area contributed by atoms with E-state index in [1.54, 1.807) is 23.1 Å². The summed E-state index contributed by atoms with van der Waals surface area (Å²) in [7, 11) is 0. The first-order valence-electron chi connectivity index (χ1n) is 6.46. The van der Waals surface area contributed by atoms with E-state index in [2.05, 4.69) is 0 Å². The van der Waals surface area contributed by atoms with Crippen LogP contribution in [-0.4, -0.2) is 23.1 Å². The van der Waals surface area contributed by atoms with E-state index in [0.717, 1.165) is 0 Å². The van der Waals surface area contributed by atoms with Gasteiger partial charge in [-0.25, -0.2) is 4.39 Å². The molecule has 1 aliphatic heterocycles. The van der Waals surface area contributed by atoms with Gasteiger partial charge in [0, 0.05) is 6.07 Å². The lowest BCUT2D eigenvalue weighted by atomic mass is 9.85. The van der Waals surface area contributed by atoms with Crippen molar-refractivity contribution in [1.29, 1.82) is 0 Å². The molecule has 0 atom stereocenters. The van der Waals surface area contributed by atoms with Crippen LogP contribution in [0.25, 0.3) is 0 Å². The van der Waals surface area contributed by atoms with Crippen molar-refractivity contribution in [3.63, 3.8) is 0 Å². The van der Waals surface area contributed by atoms with Crippen molar-refractivity contribution in [1.82, 2.24) is 0 Å². The van der Waals surface area contributed by atoms with E-state index in [1.165, 1.54) is 30.3 Å². The maximum Gasteiger partial charge on any atom is 0.292 e. The summed E-state index contributed by atoms with van der Waals surface area (Å²) in [5.41, 5.74) is 0.00361. The Labute approximate surface area is 120 Å². The monoisotopic (exact) mass is 288 g/mol. The van der Waals surface area contributed by atoms with Crippen LogP contribution < -0.4 is 4.90 Å². The van der Waals surface area contributed by atoms with Crippen molar-refractivity contribution >= 4 is 11.4 Å². The normalized spacial score (nSPS) is 16.4. The lowest BCUT2D eigenvalue weighted by Crippen LogP contribution is -2.59. The Bertz CT molecular complexity index is 682. The van der Waals surface area contributed by atoms with Gasteiger partial charge in [0.15, 0.2) is 0 Å². The molecule has 0 unspecified atom stereocenters. The van der Waals surface area contributed by atoms with Gasteiger partial charge in [0.25, 0.3) is 5.69 Å². The molecule has 0 radical (unpaired) electrons. The summed E-state index contributed by atoms with van der Waals surface area (Å²) in [5, 5.41) is 21.5. The molecule has 0 aliphatic carbocycles. The molecule has 1 aliphatic rings. The van der Waals surface area contributed by atoms with E-state index in [0.29, 0.717) is 11.3 Å². The number of para-hydroxylation sites is 2. The van der Waals surface area contributed by atoms with E-state index in [1.807, 2.05) is 0 Å². The molecule has 0 spiro atoms. The molecule has 3 rings (SSSR count). The van der Waals surface area contributed by atoms with Gasteiger partial charge in [0.2, 0.25) is 0 Å². The van der Waals surface area contributed by atoms with Crippen LogP contribution in [0.2, 0.25) is 0 Å². The topological polar surface area (TPSA) is 66.6 Å². The molecular formula is C15H13FN2O3. The lowest BCUT2D eigenvalue weighted by molar-refractivity contribution is -0.384. The summed E-state index contributed by atoms with van der Waals surface area (Å²) in [6.07, 6.45) is 0. The van der Waals surface area contributed by atoms with Crippen molar-refractivity contribution in [3.05, 3.63) is 70.0 Å². The lowest BCUT2D eigenvalue weighted by Gasteiger charge is -2.47. The predicted molar refractivity (Wildman–Crippen MR) is 75.6 cm³/mol. The fourth-order valence-electron chi connectivity index (χ4n) is 2.58. The van der Waals surface area contributed by atoms with E-state index in [-0.39, 0.29) is 24.6 Å². The molecule has 0 amide bonds. The molecule has 1 heterocycles. The van der Waals surface area contributed by atoms with Crippen LogP contribution in [0.4, 0.5) is 15.8 Å². The number of benzene rings is 2. The molecule has 0 saturated carbocycles. The Balaban J connectivity index is 1.82. The average molecular weight is 288 g/mol. The van der Waals surface area contributed by atoms with Crippen molar-refractivity contribution in [3.8, 4) is 0 Å². The molecule has 1 fully saturated rings. The SMILES string of the molecule is O=[N+]([O-])c1ccccc1N1CC(O)(c2ccc(F)cc2)C1. The highest BCUT2D eigenvalue weighted by Crippen LogP contribution is 2.39. The third kappa shape index (κ3) is 2.34.